The molecule has 2 amide bonds. The van der Waals surface area contributed by atoms with Crippen molar-refractivity contribution in [3.8, 4) is 0 Å². The number of hydrogen-bond donors (Lipinski definition) is 0. The molecule has 0 radical (unpaired) electrons. The molecule has 2 fully saturated rings. The summed E-state index contributed by atoms with van der Waals surface area (Å²) in [6.07, 6.45) is 0.591. The Morgan fingerprint density at radius 1 is 1.19 bits per heavy atom. The number of hydrogen-bond acceptors (Lipinski definition) is 5. The van der Waals surface area contributed by atoms with Crippen molar-refractivity contribution in [3.05, 3.63) is 0 Å². The van der Waals surface area contributed by atoms with Gasteiger partial charge in [-0.2, -0.15) is 0 Å². The van der Waals surface area contributed by atoms with E-state index in [9.17, 15) is 19.2 Å². The quantitative estimate of drug-likeness (QED) is 0.417. The van der Waals surface area contributed by atoms with E-state index in [1.54, 1.807) is 22.6 Å². The first-order chi connectivity index (χ1) is 7.50. The number of amides is 2. The molecule has 0 aromatic heterocycles. The van der Waals surface area contributed by atoms with Crippen molar-refractivity contribution in [3.63, 3.8) is 0 Å². The van der Waals surface area contributed by atoms with Crippen molar-refractivity contribution in [1.82, 2.24) is 5.06 Å². The van der Waals surface area contributed by atoms with Crippen molar-refractivity contribution < 1.29 is 24.0 Å². The molecule has 0 aromatic rings. The van der Waals surface area contributed by atoms with E-state index >= 15 is 0 Å². The van der Waals surface area contributed by atoms with Gasteiger partial charge in [0.15, 0.2) is 3.79 Å². The second-order valence-corrected chi connectivity index (χ2v) is 4.81. The number of imide groups is 1. The Hall–Kier alpha value is -0.990. The van der Waals surface area contributed by atoms with Crippen molar-refractivity contribution in [2.75, 3.05) is 0 Å². The number of nitrogens with zero attached hydrogens (tertiary/aromatic N) is 1. The molecule has 0 aromatic carbocycles. The van der Waals surface area contributed by atoms with Crippen LogP contribution in [0.3, 0.4) is 0 Å². The van der Waals surface area contributed by atoms with Gasteiger partial charge in [0.05, 0.1) is 5.92 Å². The fourth-order valence-corrected chi connectivity index (χ4v) is 2.21. The van der Waals surface area contributed by atoms with Crippen molar-refractivity contribution in [2.24, 2.45) is 11.8 Å². The van der Waals surface area contributed by atoms with Gasteiger partial charge in [-0.3, -0.25) is 14.4 Å². The normalized spacial score (nSPS) is 28.2. The van der Waals surface area contributed by atoms with E-state index in [1.807, 2.05) is 0 Å². The maximum atomic E-state index is 11.4. The van der Waals surface area contributed by atoms with Crippen molar-refractivity contribution in [2.45, 2.75) is 19.3 Å². The lowest BCUT2D eigenvalue weighted by Gasteiger charge is -2.11. The molecule has 16 heavy (non-hydrogen) atoms. The topological polar surface area (TPSA) is 80.8 Å². The molecule has 0 bridgehead atoms. The lowest BCUT2D eigenvalue weighted by atomic mass is 10.3. The highest BCUT2D eigenvalue weighted by Gasteiger charge is 2.50. The van der Waals surface area contributed by atoms with Crippen molar-refractivity contribution >= 4 is 44.2 Å². The monoisotopic (exact) mass is 337 g/mol. The largest absolute Gasteiger partial charge is 0.337 e. The van der Waals surface area contributed by atoms with Crippen LogP contribution < -0.4 is 0 Å². The Balaban J connectivity index is 1.91. The van der Waals surface area contributed by atoms with Gasteiger partial charge in [0, 0.05) is 18.8 Å². The van der Waals surface area contributed by atoms with Gasteiger partial charge in [0.1, 0.15) is 0 Å². The molecule has 1 aliphatic carbocycles. The van der Waals surface area contributed by atoms with E-state index in [2.05, 4.69) is 4.84 Å². The highest BCUT2D eigenvalue weighted by atomic mass is 127. The molecule has 2 rings (SSSR count). The average Bonchev–Trinajstić information content (AvgIpc) is 2.96. The van der Waals surface area contributed by atoms with Crippen LogP contribution in [0.5, 0.6) is 0 Å². The summed E-state index contributed by atoms with van der Waals surface area (Å²) in [5, 5.41) is 0.509. The zero-order valence-electron chi connectivity index (χ0n) is 8.14. The third kappa shape index (κ3) is 2.08. The molecule has 1 heterocycles. The van der Waals surface area contributed by atoms with E-state index in [-0.39, 0.29) is 22.5 Å². The molecule has 2 aliphatic rings. The van der Waals surface area contributed by atoms with Gasteiger partial charge in [-0.25, -0.2) is 4.79 Å². The molecule has 0 spiro atoms. The zero-order valence-corrected chi connectivity index (χ0v) is 10.3. The lowest BCUT2D eigenvalue weighted by Crippen LogP contribution is -2.32. The highest BCUT2D eigenvalue weighted by molar-refractivity contribution is 14.1. The van der Waals surface area contributed by atoms with Gasteiger partial charge in [-0.15, -0.1) is 5.06 Å². The number of carbonyl (C=O) groups excluding carboxylic acids is 4. The smallest absolute Gasteiger partial charge is 0.330 e. The molecule has 0 N–H and O–H groups in total. The van der Waals surface area contributed by atoms with Gasteiger partial charge >= 0.3 is 5.97 Å². The molecule has 1 saturated heterocycles. The van der Waals surface area contributed by atoms with Crippen LogP contribution in [0.4, 0.5) is 0 Å². The SMILES string of the molecule is O=C(I)C1CC1C(=O)ON1C(=O)CCC1=O. The molecular weight excluding hydrogens is 329 g/mol. The predicted molar refractivity (Wildman–Crippen MR) is 57.8 cm³/mol. The molecule has 2 unspecified atom stereocenters. The molecule has 1 saturated carbocycles. The van der Waals surface area contributed by atoms with Gasteiger partial charge < -0.3 is 4.84 Å². The van der Waals surface area contributed by atoms with Crippen LogP contribution in [-0.4, -0.2) is 26.6 Å². The number of hydroxylamine groups is 2. The van der Waals surface area contributed by atoms with Crippen LogP contribution in [0, 0.1) is 11.8 Å². The Kier molecular flexibility index (Phi) is 2.96. The van der Waals surface area contributed by atoms with Crippen LogP contribution in [0.1, 0.15) is 19.3 Å². The summed E-state index contributed by atoms with van der Waals surface area (Å²) in [7, 11) is 0. The second kappa shape index (κ2) is 4.11. The summed E-state index contributed by atoms with van der Waals surface area (Å²) in [4.78, 5) is 49.3. The van der Waals surface area contributed by atoms with E-state index in [0.29, 0.717) is 11.5 Å². The second-order valence-electron chi connectivity index (χ2n) is 3.74. The standard InChI is InChI=1S/C9H8INO5/c10-8(14)4-3-5(4)9(15)16-11-6(12)1-2-7(11)13/h4-5H,1-3H2. The lowest BCUT2D eigenvalue weighted by molar-refractivity contribution is -0.198. The molecule has 7 heteroatoms. The maximum Gasteiger partial charge on any atom is 0.337 e. The first-order valence-corrected chi connectivity index (χ1v) is 5.85. The zero-order chi connectivity index (χ0) is 11.9. The third-order valence-electron chi connectivity index (χ3n) is 2.57. The third-order valence-corrected chi connectivity index (χ3v) is 3.37. The van der Waals surface area contributed by atoms with Gasteiger partial charge in [0.25, 0.3) is 11.8 Å². The van der Waals surface area contributed by atoms with Gasteiger partial charge in [-0.1, -0.05) is 0 Å². The highest BCUT2D eigenvalue weighted by Crippen LogP contribution is 2.42. The molecule has 1 aliphatic heterocycles. The number of halogens is 1. The van der Waals surface area contributed by atoms with Gasteiger partial charge in [-0.05, 0) is 29.0 Å². The summed E-state index contributed by atoms with van der Waals surface area (Å²) in [5.74, 6) is -2.49. The van der Waals surface area contributed by atoms with E-state index in [1.165, 1.54) is 0 Å². The van der Waals surface area contributed by atoms with Crippen LogP contribution in [-0.2, 0) is 24.0 Å². The van der Waals surface area contributed by atoms with Crippen LogP contribution in [0.2, 0.25) is 0 Å². The van der Waals surface area contributed by atoms with Crippen LogP contribution in [0.15, 0.2) is 0 Å². The Morgan fingerprint density at radius 3 is 2.19 bits per heavy atom. The minimum atomic E-state index is -0.668. The number of carbonyl (C=O) groups is 4. The average molecular weight is 337 g/mol. The summed E-state index contributed by atoms with van der Waals surface area (Å²) in [6, 6.07) is 0. The van der Waals surface area contributed by atoms with E-state index < -0.39 is 23.7 Å². The summed E-state index contributed by atoms with van der Waals surface area (Å²) in [5.41, 5.74) is 0. The van der Waals surface area contributed by atoms with Gasteiger partial charge in [0.2, 0.25) is 0 Å². The minimum Gasteiger partial charge on any atom is -0.330 e. The first kappa shape index (κ1) is 11.5. The van der Waals surface area contributed by atoms with E-state index in [4.69, 9.17) is 0 Å². The Morgan fingerprint density at radius 2 is 1.75 bits per heavy atom. The van der Waals surface area contributed by atoms with E-state index in [0.717, 1.165) is 0 Å². The Labute approximate surface area is 104 Å². The van der Waals surface area contributed by atoms with Crippen molar-refractivity contribution in [1.29, 1.82) is 0 Å². The Bertz CT molecular complexity index is 377. The fraction of sp³-hybridized carbons (Fsp3) is 0.556. The number of rotatable bonds is 3. The predicted octanol–water partition coefficient (Wildman–Crippen LogP) is 0.191. The molecular formula is C9H8INO5. The fourth-order valence-electron chi connectivity index (χ4n) is 1.52. The first-order valence-electron chi connectivity index (χ1n) is 4.77. The van der Waals surface area contributed by atoms with Crippen LogP contribution in [0.25, 0.3) is 0 Å². The summed E-state index contributed by atoms with van der Waals surface area (Å²) >= 11 is 1.62. The maximum absolute atomic E-state index is 11.4. The molecule has 86 valence electrons. The minimum absolute atomic E-state index is 0.0748. The molecule has 2 atom stereocenters. The molecule has 6 nitrogen and oxygen atoms in total. The summed E-state index contributed by atoms with van der Waals surface area (Å²) in [6.45, 7) is 0. The summed E-state index contributed by atoms with van der Waals surface area (Å²) < 4.78 is -0.0985. The van der Waals surface area contributed by atoms with Crippen LogP contribution >= 0.6 is 22.6 Å².